The van der Waals surface area contributed by atoms with Crippen LogP contribution in [0, 0.1) is 6.92 Å². The molecule has 6 nitrogen and oxygen atoms in total. The molecule has 0 atom stereocenters. The Balaban J connectivity index is 1.57. The van der Waals surface area contributed by atoms with Gasteiger partial charge in [-0.05, 0) is 31.4 Å². The van der Waals surface area contributed by atoms with Gasteiger partial charge in [-0.1, -0.05) is 18.2 Å². The number of ether oxygens (including phenoxy) is 1. The molecule has 0 unspecified atom stereocenters. The molecule has 1 saturated heterocycles. The van der Waals surface area contributed by atoms with Crippen LogP contribution >= 0.6 is 0 Å². The number of amides is 2. The zero-order chi connectivity index (χ0) is 17.1. The quantitative estimate of drug-likeness (QED) is 0.940. The number of aryl methyl sites for hydroxylation is 1. The molecule has 1 N–H and O–H groups in total. The Labute approximate surface area is 141 Å². The summed E-state index contributed by atoms with van der Waals surface area (Å²) in [7, 11) is 1.39. The molecular weight excluding hydrogens is 306 g/mol. The number of likely N-dealkylation sites (tertiary alicyclic amines) is 1. The number of piperidine rings is 1. The van der Waals surface area contributed by atoms with E-state index in [4.69, 9.17) is 4.74 Å². The number of methoxy groups -OCH3 is 1. The van der Waals surface area contributed by atoms with Crippen molar-refractivity contribution in [1.29, 1.82) is 0 Å². The number of rotatable bonds is 3. The molecule has 1 aromatic carbocycles. The lowest BCUT2D eigenvalue weighted by atomic mass is 10.1. The minimum Gasteiger partial charge on any atom is -0.453 e. The molecular formula is C18H23N3O3. The van der Waals surface area contributed by atoms with Crippen molar-refractivity contribution >= 4 is 22.9 Å². The summed E-state index contributed by atoms with van der Waals surface area (Å²) >= 11 is 0. The van der Waals surface area contributed by atoms with Crippen LogP contribution in [-0.4, -0.2) is 47.7 Å². The molecule has 24 heavy (non-hydrogen) atoms. The summed E-state index contributed by atoms with van der Waals surface area (Å²) in [4.78, 5) is 25.5. The molecule has 0 aliphatic carbocycles. The molecule has 0 spiro atoms. The highest BCUT2D eigenvalue weighted by atomic mass is 16.5. The maximum absolute atomic E-state index is 12.4. The minimum absolute atomic E-state index is 0.00673. The summed E-state index contributed by atoms with van der Waals surface area (Å²) in [6, 6.07) is 8.21. The maximum Gasteiger partial charge on any atom is 0.409 e. The van der Waals surface area contributed by atoms with Crippen LogP contribution in [0.5, 0.6) is 0 Å². The Morgan fingerprint density at radius 3 is 2.67 bits per heavy atom. The second-order valence-corrected chi connectivity index (χ2v) is 6.26. The molecule has 1 aliphatic rings. The fraction of sp³-hybridized carbons (Fsp3) is 0.444. The molecule has 1 fully saturated rings. The van der Waals surface area contributed by atoms with E-state index in [-0.39, 0.29) is 18.0 Å². The summed E-state index contributed by atoms with van der Waals surface area (Å²) < 4.78 is 6.71. The van der Waals surface area contributed by atoms with E-state index < -0.39 is 0 Å². The van der Waals surface area contributed by atoms with Crippen molar-refractivity contribution in [3.8, 4) is 0 Å². The predicted molar refractivity (Wildman–Crippen MR) is 91.8 cm³/mol. The maximum atomic E-state index is 12.4. The molecule has 1 aliphatic heterocycles. The Kier molecular flexibility index (Phi) is 4.74. The molecule has 3 rings (SSSR count). The summed E-state index contributed by atoms with van der Waals surface area (Å²) in [6.07, 6.45) is 3.23. The first-order valence-corrected chi connectivity index (χ1v) is 8.25. The third kappa shape index (κ3) is 3.37. The highest BCUT2D eigenvalue weighted by Crippen LogP contribution is 2.20. The van der Waals surface area contributed by atoms with Gasteiger partial charge in [0.05, 0.1) is 7.11 Å². The van der Waals surface area contributed by atoms with Crippen molar-refractivity contribution < 1.29 is 14.3 Å². The molecule has 1 aromatic heterocycles. The van der Waals surface area contributed by atoms with Crippen LogP contribution in [0.4, 0.5) is 4.79 Å². The first-order valence-electron chi connectivity index (χ1n) is 8.25. The highest BCUT2D eigenvalue weighted by Gasteiger charge is 2.24. The standard InChI is InChI=1S/C18H23N3O3/c1-13-11-21(16-6-4-3-5-15(13)16)12-17(22)19-14-7-9-20(10-8-14)18(23)24-2/h3-6,11,14H,7-10,12H2,1-2H3,(H,19,22). The van der Waals surface area contributed by atoms with Crippen molar-refractivity contribution in [3.05, 3.63) is 36.0 Å². The van der Waals surface area contributed by atoms with E-state index in [1.165, 1.54) is 18.1 Å². The van der Waals surface area contributed by atoms with E-state index in [1.54, 1.807) is 4.90 Å². The van der Waals surface area contributed by atoms with Crippen molar-refractivity contribution in [1.82, 2.24) is 14.8 Å². The zero-order valence-corrected chi connectivity index (χ0v) is 14.1. The minimum atomic E-state index is -0.297. The molecule has 128 valence electrons. The smallest absolute Gasteiger partial charge is 0.409 e. The second kappa shape index (κ2) is 6.95. The lowest BCUT2D eigenvalue weighted by molar-refractivity contribution is -0.122. The van der Waals surface area contributed by atoms with E-state index in [0.29, 0.717) is 19.6 Å². The molecule has 6 heteroatoms. The fourth-order valence-electron chi connectivity index (χ4n) is 3.32. The molecule has 2 aromatic rings. The van der Waals surface area contributed by atoms with Gasteiger partial charge in [-0.2, -0.15) is 0 Å². The number of nitrogens with one attached hydrogen (secondary N) is 1. The second-order valence-electron chi connectivity index (χ2n) is 6.26. The van der Waals surface area contributed by atoms with Gasteiger partial charge in [0.25, 0.3) is 0 Å². The average molecular weight is 329 g/mol. The van der Waals surface area contributed by atoms with Gasteiger partial charge in [0, 0.05) is 36.2 Å². The van der Waals surface area contributed by atoms with Crippen LogP contribution in [0.2, 0.25) is 0 Å². The third-order valence-electron chi connectivity index (χ3n) is 4.59. The Hall–Kier alpha value is -2.50. The number of hydrogen-bond donors (Lipinski definition) is 1. The third-order valence-corrected chi connectivity index (χ3v) is 4.59. The van der Waals surface area contributed by atoms with Crippen molar-refractivity contribution in [2.75, 3.05) is 20.2 Å². The van der Waals surface area contributed by atoms with E-state index in [9.17, 15) is 9.59 Å². The lowest BCUT2D eigenvalue weighted by Crippen LogP contribution is -2.47. The van der Waals surface area contributed by atoms with Crippen LogP contribution < -0.4 is 5.32 Å². The Morgan fingerprint density at radius 1 is 1.25 bits per heavy atom. The van der Waals surface area contributed by atoms with E-state index in [0.717, 1.165) is 18.4 Å². The van der Waals surface area contributed by atoms with Gasteiger partial charge in [-0.15, -0.1) is 0 Å². The number of benzene rings is 1. The average Bonchev–Trinajstić information content (AvgIpc) is 2.91. The first kappa shape index (κ1) is 16.4. The number of fused-ring (bicyclic) bond motifs is 1. The van der Waals surface area contributed by atoms with E-state index in [1.807, 2.05) is 29.0 Å². The van der Waals surface area contributed by atoms with Crippen LogP contribution in [0.15, 0.2) is 30.5 Å². The van der Waals surface area contributed by atoms with Gasteiger partial charge in [0.2, 0.25) is 5.91 Å². The monoisotopic (exact) mass is 329 g/mol. The van der Waals surface area contributed by atoms with Gasteiger partial charge in [0.1, 0.15) is 6.54 Å². The zero-order valence-electron chi connectivity index (χ0n) is 14.1. The van der Waals surface area contributed by atoms with E-state index >= 15 is 0 Å². The highest BCUT2D eigenvalue weighted by molar-refractivity contribution is 5.86. The molecule has 2 heterocycles. The summed E-state index contributed by atoms with van der Waals surface area (Å²) in [5.41, 5.74) is 2.25. The van der Waals surface area contributed by atoms with Crippen molar-refractivity contribution in [2.24, 2.45) is 0 Å². The number of para-hydroxylation sites is 1. The molecule has 0 saturated carbocycles. The molecule has 2 amide bonds. The van der Waals surface area contributed by atoms with Gasteiger partial charge >= 0.3 is 6.09 Å². The topological polar surface area (TPSA) is 63.6 Å². The van der Waals surface area contributed by atoms with Crippen LogP contribution in [0.1, 0.15) is 18.4 Å². The first-order chi connectivity index (χ1) is 11.6. The normalized spacial score (nSPS) is 15.5. The lowest BCUT2D eigenvalue weighted by Gasteiger charge is -2.31. The summed E-state index contributed by atoms with van der Waals surface area (Å²) in [5.74, 6) is 0.00673. The van der Waals surface area contributed by atoms with Gasteiger partial charge in [0.15, 0.2) is 0 Å². The number of carbonyl (C=O) groups is 2. The van der Waals surface area contributed by atoms with Crippen molar-refractivity contribution in [2.45, 2.75) is 32.4 Å². The summed E-state index contributed by atoms with van der Waals surface area (Å²) in [6.45, 7) is 3.59. The van der Waals surface area contributed by atoms with Crippen LogP contribution in [0.3, 0.4) is 0 Å². The SMILES string of the molecule is COC(=O)N1CCC(NC(=O)Cn2cc(C)c3ccccc32)CC1. The number of nitrogens with zero attached hydrogens (tertiary/aromatic N) is 2. The van der Waals surface area contributed by atoms with Gasteiger partial charge in [-0.25, -0.2) is 4.79 Å². The molecule has 0 radical (unpaired) electrons. The fourth-order valence-corrected chi connectivity index (χ4v) is 3.32. The van der Waals surface area contributed by atoms with Crippen LogP contribution in [-0.2, 0) is 16.1 Å². The Bertz CT molecular complexity index is 745. The van der Waals surface area contributed by atoms with E-state index in [2.05, 4.69) is 18.3 Å². The number of hydrogen-bond acceptors (Lipinski definition) is 3. The van der Waals surface area contributed by atoms with Gasteiger partial charge in [-0.3, -0.25) is 4.79 Å². The Morgan fingerprint density at radius 2 is 1.96 bits per heavy atom. The number of aromatic nitrogens is 1. The largest absolute Gasteiger partial charge is 0.453 e. The van der Waals surface area contributed by atoms with Gasteiger partial charge < -0.3 is 19.5 Å². The van der Waals surface area contributed by atoms with Crippen LogP contribution in [0.25, 0.3) is 10.9 Å². The molecule has 0 bridgehead atoms. The predicted octanol–water partition coefficient (Wildman–Crippen LogP) is 2.30. The number of carbonyl (C=O) groups excluding carboxylic acids is 2. The summed E-state index contributed by atoms with van der Waals surface area (Å²) in [5, 5.41) is 4.26. The van der Waals surface area contributed by atoms with Crippen molar-refractivity contribution in [3.63, 3.8) is 0 Å².